The number of hydrogen-bond acceptors (Lipinski definition) is 5. The molecule has 3 aromatic rings. The van der Waals surface area contributed by atoms with Gasteiger partial charge in [0.1, 0.15) is 5.75 Å². The van der Waals surface area contributed by atoms with E-state index in [1.165, 1.54) is 44.5 Å². The molecule has 1 aromatic heterocycles. The van der Waals surface area contributed by atoms with Crippen LogP contribution in [0.2, 0.25) is 5.02 Å². The Morgan fingerprint density at radius 1 is 1.12 bits per heavy atom. The van der Waals surface area contributed by atoms with Crippen LogP contribution >= 0.6 is 11.6 Å². The van der Waals surface area contributed by atoms with Crippen molar-refractivity contribution < 1.29 is 27.4 Å². The Morgan fingerprint density at radius 2 is 1.85 bits per heavy atom. The molecule has 0 atom stereocenters. The molecule has 1 heterocycles. The van der Waals surface area contributed by atoms with Crippen LogP contribution in [0.4, 0.5) is 18.9 Å². The van der Waals surface area contributed by atoms with Crippen LogP contribution in [0.15, 0.2) is 42.6 Å². The second kappa shape index (κ2) is 9.38. The molecule has 33 heavy (non-hydrogen) atoms. The highest BCUT2D eigenvalue weighted by Crippen LogP contribution is 2.43. The van der Waals surface area contributed by atoms with E-state index in [2.05, 4.69) is 10.3 Å². The summed E-state index contributed by atoms with van der Waals surface area (Å²) in [5.74, 6) is -0.988. The Balaban J connectivity index is 2.15. The zero-order valence-corrected chi connectivity index (χ0v) is 18.4. The van der Waals surface area contributed by atoms with Crippen molar-refractivity contribution in [2.75, 3.05) is 12.4 Å². The standard InChI is InChI=1S/C23H17ClF3N3O3/c1-12-8-15(6-7-29-12)30-22(31)20-13(2)21(24)16(23(25,26)27)10-19(20)33-17-5-4-14(11-28)9-18(17)32-3/h4-10H,1-3H3,(H,29,30,31). The van der Waals surface area contributed by atoms with Gasteiger partial charge in [-0.05, 0) is 49.7 Å². The van der Waals surface area contributed by atoms with E-state index in [4.69, 9.17) is 26.3 Å². The number of carbonyl (C=O) groups is 1. The molecule has 0 radical (unpaired) electrons. The van der Waals surface area contributed by atoms with E-state index in [1.807, 2.05) is 6.07 Å². The van der Waals surface area contributed by atoms with E-state index in [1.54, 1.807) is 13.0 Å². The lowest BCUT2D eigenvalue weighted by atomic mass is 10.0. The number of nitrogens with one attached hydrogen (secondary N) is 1. The first-order valence-corrected chi connectivity index (χ1v) is 9.83. The molecule has 0 saturated heterocycles. The van der Waals surface area contributed by atoms with Gasteiger partial charge in [0.25, 0.3) is 5.91 Å². The molecule has 0 bridgehead atoms. The highest BCUT2D eigenvalue weighted by Gasteiger charge is 2.37. The molecule has 0 aliphatic heterocycles. The number of nitriles is 1. The minimum absolute atomic E-state index is 0.0140. The van der Waals surface area contributed by atoms with Crippen molar-refractivity contribution in [2.24, 2.45) is 0 Å². The number of carbonyl (C=O) groups excluding carboxylic acids is 1. The maximum absolute atomic E-state index is 13.6. The summed E-state index contributed by atoms with van der Waals surface area (Å²) < 4.78 is 51.7. The zero-order chi connectivity index (χ0) is 24.3. The number of rotatable bonds is 5. The third-order valence-corrected chi connectivity index (χ3v) is 5.15. The van der Waals surface area contributed by atoms with Crippen molar-refractivity contribution >= 4 is 23.2 Å². The van der Waals surface area contributed by atoms with E-state index in [-0.39, 0.29) is 33.9 Å². The number of aromatic nitrogens is 1. The van der Waals surface area contributed by atoms with Gasteiger partial charge in [-0.1, -0.05) is 11.6 Å². The van der Waals surface area contributed by atoms with Crippen LogP contribution in [-0.2, 0) is 6.18 Å². The number of pyridine rings is 1. The largest absolute Gasteiger partial charge is 0.493 e. The van der Waals surface area contributed by atoms with Crippen LogP contribution in [0.1, 0.15) is 32.7 Å². The Labute approximate surface area is 192 Å². The third-order valence-electron chi connectivity index (χ3n) is 4.66. The summed E-state index contributed by atoms with van der Waals surface area (Å²) in [6.45, 7) is 3.02. The summed E-state index contributed by atoms with van der Waals surface area (Å²) in [4.78, 5) is 17.1. The number of alkyl halides is 3. The SMILES string of the molecule is COc1cc(C#N)ccc1Oc1cc(C(F)(F)F)c(Cl)c(C)c1C(=O)Nc1ccnc(C)c1. The number of ether oxygens (including phenoxy) is 2. The van der Waals surface area contributed by atoms with Gasteiger partial charge >= 0.3 is 6.18 Å². The maximum atomic E-state index is 13.6. The van der Waals surface area contributed by atoms with Gasteiger partial charge in [0.15, 0.2) is 11.5 Å². The Kier molecular flexibility index (Phi) is 6.79. The van der Waals surface area contributed by atoms with Crippen molar-refractivity contribution in [3.05, 3.63) is 75.6 Å². The third kappa shape index (κ3) is 5.18. The van der Waals surface area contributed by atoms with Crippen LogP contribution in [0.5, 0.6) is 17.2 Å². The quantitative estimate of drug-likeness (QED) is 0.468. The predicted octanol–water partition coefficient (Wildman–Crippen LogP) is 6.30. The summed E-state index contributed by atoms with van der Waals surface area (Å²) >= 11 is 6.00. The average Bonchev–Trinajstić information content (AvgIpc) is 2.75. The number of methoxy groups -OCH3 is 1. The number of hydrogen-bond donors (Lipinski definition) is 1. The molecular weight excluding hydrogens is 459 g/mol. The minimum Gasteiger partial charge on any atom is -0.493 e. The molecule has 3 rings (SSSR count). The molecule has 0 unspecified atom stereocenters. The smallest absolute Gasteiger partial charge is 0.417 e. The van der Waals surface area contributed by atoms with Gasteiger partial charge in [-0.15, -0.1) is 0 Å². The van der Waals surface area contributed by atoms with Gasteiger partial charge in [-0.2, -0.15) is 18.4 Å². The van der Waals surface area contributed by atoms with Gasteiger partial charge in [0.05, 0.1) is 34.9 Å². The number of benzene rings is 2. The molecule has 0 spiro atoms. The lowest BCUT2D eigenvalue weighted by Crippen LogP contribution is -2.17. The predicted molar refractivity (Wildman–Crippen MR) is 116 cm³/mol. The van der Waals surface area contributed by atoms with Crippen LogP contribution in [0.25, 0.3) is 0 Å². The topological polar surface area (TPSA) is 84.2 Å². The minimum atomic E-state index is -4.79. The van der Waals surface area contributed by atoms with Gasteiger partial charge in [-0.3, -0.25) is 9.78 Å². The second-order valence-electron chi connectivity index (χ2n) is 6.95. The summed E-state index contributed by atoms with van der Waals surface area (Å²) in [5.41, 5.74) is -0.168. The Bertz CT molecular complexity index is 1270. The van der Waals surface area contributed by atoms with E-state index in [0.717, 1.165) is 0 Å². The van der Waals surface area contributed by atoms with Crippen molar-refractivity contribution in [1.82, 2.24) is 4.98 Å². The van der Waals surface area contributed by atoms with Crippen molar-refractivity contribution in [1.29, 1.82) is 5.26 Å². The normalized spacial score (nSPS) is 11.0. The maximum Gasteiger partial charge on any atom is 0.417 e. The zero-order valence-electron chi connectivity index (χ0n) is 17.7. The number of nitrogens with zero attached hydrogens (tertiary/aromatic N) is 2. The summed E-state index contributed by atoms with van der Waals surface area (Å²) in [7, 11) is 1.32. The lowest BCUT2D eigenvalue weighted by Gasteiger charge is -2.20. The number of amides is 1. The van der Waals surface area contributed by atoms with E-state index < -0.39 is 22.7 Å². The van der Waals surface area contributed by atoms with Crippen LogP contribution in [0, 0.1) is 25.2 Å². The lowest BCUT2D eigenvalue weighted by molar-refractivity contribution is -0.137. The highest BCUT2D eigenvalue weighted by molar-refractivity contribution is 6.33. The number of halogens is 4. The molecule has 6 nitrogen and oxygen atoms in total. The first-order chi connectivity index (χ1) is 15.5. The van der Waals surface area contributed by atoms with Gasteiger partial charge < -0.3 is 14.8 Å². The Morgan fingerprint density at radius 3 is 2.45 bits per heavy atom. The van der Waals surface area contributed by atoms with E-state index in [9.17, 15) is 18.0 Å². The Hall–Kier alpha value is -3.77. The fourth-order valence-electron chi connectivity index (χ4n) is 3.09. The molecule has 1 amide bonds. The number of anilines is 1. The molecule has 2 aromatic carbocycles. The van der Waals surface area contributed by atoms with Crippen molar-refractivity contribution in [3.63, 3.8) is 0 Å². The summed E-state index contributed by atoms with van der Waals surface area (Å²) in [5, 5.41) is 11.1. The van der Waals surface area contributed by atoms with Gasteiger partial charge in [0, 0.05) is 23.6 Å². The summed E-state index contributed by atoms with van der Waals surface area (Å²) in [6.07, 6.45) is -3.30. The van der Waals surface area contributed by atoms with Crippen LogP contribution in [-0.4, -0.2) is 18.0 Å². The molecule has 1 N–H and O–H groups in total. The molecule has 0 aliphatic rings. The van der Waals surface area contributed by atoms with Crippen LogP contribution < -0.4 is 14.8 Å². The monoisotopic (exact) mass is 475 g/mol. The van der Waals surface area contributed by atoms with Crippen molar-refractivity contribution in [2.45, 2.75) is 20.0 Å². The molecule has 0 fully saturated rings. The van der Waals surface area contributed by atoms with Crippen LogP contribution in [0.3, 0.4) is 0 Å². The number of aryl methyl sites for hydroxylation is 1. The summed E-state index contributed by atoms with van der Waals surface area (Å²) in [6, 6.07) is 9.87. The molecule has 0 aliphatic carbocycles. The fourth-order valence-corrected chi connectivity index (χ4v) is 3.35. The fraction of sp³-hybridized carbons (Fsp3) is 0.174. The van der Waals surface area contributed by atoms with E-state index in [0.29, 0.717) is 17.4 Å². The molecule has 170 valence electrons. The first kappa shape index (κ1) is 23.9. The van der Waals surface area contributed by atoms with Gasteiger partial charge in [0.2, 0.25) is 0 Å². The molecular formula is C23H17ClF3N3O3. The second-order valence-corrected chi connectivity index (χ2v) is 7.33. The first-order valence-electron chi connectivity index (χ1n) is 9.45. The highest BCUT2D eigenvalue weighted by atomic mass is 35.5. The van der Waals surface area contributed by atoms with E-state index >= 15 is 0 Å². The molecule has 0 saturated carbocycles. The van der Waals surface area contributed by atoms with Crippen molar-refractivity contribution in [3.8, 4) is 23.3 Å². The average molecular weight is 476 g/mol. The molecule has 10 heteroatoms. The van der Waals surface area contributed by atoms with Gasteiger partial charge in [-0.25, -0.2) is 0 Å².